The Bertz CT molecular complexity index is 1650. The van der Waals surface area contributed by atoms with E-state index in [-0.39, 0.29) is 42.8 Å². The number of fused-ring (bicyclic) bond motifs is 2. The highest BCUT2D eigenvalue weighted by Gasteiger charge is 2.43. The van der Waals surface area contributed by atoms with Gasteiger partial charge in [-0.05, 0) is 24.9 Å². The Morgan fingerprint density at radius 1 is 1.22 bits per heavy atom. The van der Waals surface area contributed by atoms with Gasteiger partial charge >= 0.3 is 6.01 Å². The van der Waals surface area contributed by atoms with Crippen LogP contribution in [0, 0.1) is 24.1 Å². The van der Waals surface area contributed by atoms with E-state index in [1.165, 1.54) is 0 Å². The van der Waals surface area contributed by atoms with Crippen LogP contribution < -0.4 is 15.0 Å². The topological polar surface area (TPSA) is 103 Å². The van der Waals surface area contributed by atoms with Gasteiger partial charge in [0.05, 0.1) is 24.4 Å². The molecule has 3 aromatic heterocycles. The van der Waals surface area contributed by atoms with Crippen molar-refractivity contribution in [3.8, 4) is 23.3 Å². The molecule has 0 aliphatic carbocycles. The van der Waals surface area contributed by atoms with Gasteiger partial charge < -0.3 is 15.0 Å². The number of pyridine rings is 2. The van der Waals surface area contributed by atoms with Crippen molar-refractivity contribution in [3.63, 3.8) is 0 Å². The molecule has 2 saturated heterocycles. The van der Waals surface area contributed by atoms with Crippen LogP contribution in [0.1, 0.15) is 18.4 Å². The third-order valence-corrected chi connectivity index (χ3v) is 7.83. The number of alkyl halides is 2. The maximum atomic E-state index is 16.4. The minimum Gasteiger partial charge on any atom is -0.462 e. The zero-order chi connectivity index (χ0) is 28.7. The molecular weight excluding hydrogens is 533 g/mol. The predicted octanol–water partition coefficient (Wildman–Crippen LogP) is 4.10. The summed E-state index contributed by atoms with van der Waals surface area (Å²) in [5.41, 5.74) is 1.60. The number of anilines is 1. The molecule has 0 bridgehead atoms. The van der Waals surface area contributed by atoms with Crippen molar-refractivity contribution in [2.45, 2.75) is 37.8 Å². The van der Waals surface area contributed by atoms with Crippen molar-refractivity contribution in [1.29, 1.82) is 5.26 Å². The fraction of sp³-hybridized carbons (Fsp3) is 0.414. The number of nitrogens with zero attached hydrogens (tertiary/aromatic N) is 7. The smallest absolute Gasteiger partial charge is 0.319 e. The van der Waals surface area contributed by atoms with Crippen molar-refractivity contribution in [2.75, 3.05) is 44.7 Å². The van der Waals surface area contributed by atoms with Gasteiger partial charge in [-0.15, -0.1) is 0 Å². The zero-order valence-corrected chi connectivity index (χ0v) is 22.7. The molecular formula is C29H29F3N8O. The summed E-state index contributed by atoms with van der Waals surface area (Å²) in [5.74, 6) is -3.03. The Kier molecular flexibility index (Phi) is 7.09. The first kappa shape index (κ1) is 27.1. The Hall–Kier alpha value is -4.08. The van der Waals surface area contributed by atoms with Gasteiger partial charge in [-0.1, -0.05) is 18.2 Å². The molecule has 2 atom stereocenters. The average molecular weight is 563 g/mol. The van der Waals surface area contributed by atoms with Gasteiger partial charge in [0.15, 0.2) is 5.82 Å². The van der Waals surface area contributed by atoms with Gasteiger partial charge in [0.1, 0.15) is 23.6 Å². The third kappa shape index (κ3) is 5.23. The van der Waals surface area contributed by atoms with E-state index in [1.54, 1.807) is 30.5 Å². The van der Waals surface area contributed by atoms with Gasteiger partial charge in [-0.2, -0.15) is 15.2 Å². The van der Waals surface area contributed by atoms with Crippen LogP contribution in [0.4, 0.5) is 19.0 Å². The van der Waals surface area contributed by atoms with E-state index in [1.807, 2.05) is 30.0 Å². The van der Waals surface area contributed by atoms with Crippen molar-refractivity contribution >= 4 is 27.5 Å². The summed E-state index contributed by atoms with van der Waals surface area (Å²) in [4.78, 5) is 21.4. The second-order valence-electron chi connectivity index (χ2n) is 10.8. The number of nitriles is 1. The first-order valence-corrected chi connectivity index (χ1v) is 13.5. The predicted molar refractivity (Wildman–Crippen MR) is 148 cm³/mol. The Labute approximate surface area is 235 Å². The molecule has 0 unspecified atom stereocenters. The van der Waals surface area contributed by atoms with E-state index in [0.29, 0.717) is 42.8 Å². The number of benzene rings is 1. The normalized spacial score (nSPS) is 20.9. The number of aryl methyl sites for hydroxylation is 1. The van der Waals surface area contributed by atoms with Gasteiger partial charge in [0.25, 0.3) is 5.92 Å². The molecule has 0 saturated carbocycles. The molecule has 9 nitrogen and oxygen atoms in total. The molecule has 6 rings (SSSR count). The van der Waals surface area contributed by atoms with E-state index in [4.69, 9.17) is 4.74 Å². The molecule has 0 amide bonds. The first-order valence-electron chi connectivity index (χ1n) is 13.5. The molecule has 41 heavy (non-hydrogen) atoms. The van der Waals surface area contributed by atoms with E-state index in [2.05, 4.69) is 31.3 Å². The number of halogens is 3. The minimum atomic E-state index is -2.80. The van der Waals surface area contributed by atoms with Crippen molar-refractivity contribution in [3.05, 3.63) is 48.2 Å². The molecule has 2 aliphatic rings. The molecule has 5 heterocycles. The molecule has 0 spiro atoms. The number of hydrogen-bond donors (Lipinski definition) is 1. The maximum absolute atomic E-state index is 16.4. The summed E-state index contributed by atoms with van der Waals surface area (Å²) < 4.78 is 50.2. The summed E-state index contributed by atoms with van der Waals surface area (Å²) in [6.45, 7) is 3.15. The number of aromatic nitrogens is 4. The molecule has 1 aromatic carbocycles. The largest absolute Gasteiger partial charge is 0.462 e. The highest BCUT2D eigenvalue weighted by atomic mass is 19.3. The highest BCUT2D eigenvalue weighted by molar-refractivity contribution is 6.00. The van der Waals surface area contributed by atoms with Gasteiger partial charge in [0, 0.05) is 67.7 Å². The number of piperazine rings is 1. The lowest BCUT2D eigenvalue weighted by molar-refractivity contribution is 0.0136. The Balaban J connectivity index is 1.45. The lowest BCUT2D eigenvalue weighted by Crippen LogP contribution is -2.51. The monoisotopic (exact) mass is 562 g/mol. The number of likely N-dealkylation sites (N-methyl/N-ethyl adjacent to an activating group) is 1. The molecule has 1 N–H and O–H groups in total. The molecule has 12 heteroatoms. The second-order valence-corrected chi connectivity index (χ2v) is 10.8. The molecule has 212 valence electrons. The van der Waals surface area contributed by atoms with Crippen LogP contribution in [-0.4, -0.2) is 82.7 Å². The van der Waals surface area contributed by atoms with Crippen molar-refractivity contribution in [2.24, 2.45) is 0 Å². The third-order valence-electron chi connectivity index (χ3n) is 7.83. The highest BCUT2D eigenvalue weighted by Crippen LogP contribution is 2.36. The van der Waals surface area contributed by atoms with Crippen molar-refractivity contribution in [1.82, 2.24) is 30.2 Å². The van der Waals surface area contributed by atoms with Gasteiger partial charge in [-0.3, -0.25) is 14.9 Å². The number of likely N-dealkylation sites (tertiary alicyclic amines) is 1. The Morgan fingerprint density at radius 2 is 2.07 bits per heavy atom. The summed E-state index contributed by atoms with van der Waals surface area (Å²) >= 11 is 0. The second kappa shape index (κ2) is 10.7. The van der Waals surface area contributed by atoms with E-state index >= 15 is 4.39 Å². The van der Waals surface area contributed by atoms with Crippen LogP contribution in [0.3, 0.4) is 0 Å². The average Bonchev–Trinajstić information content (AvgIpc) is 3.23. The molecule has 0 radical (unpaired) electrons. The van der Waals surface area contributed by atoms with Gasteiger partial charge in [0.2, 0.25) is 0 Å². The standard InChI is InChI=1S/C29H29F3N8O/c1-17-4-3-5-18-11-34-12-21(23(17)18)25-24(30)26-22(13-36-25)27(40-9-8-35-19(14-40)6-7-33)38-28(37-26)41-15-20-10-29(31,32)16-39(20)2/h3-5,11-13,19-20,35H,6,8-10,14-16H2,1-2H3/t19-,20-/m0/s1. The van der Waals surface area contributed by atoms with Crippen LogP contribution in [0.2, 0.25) is 0 Å². The summed E-state index contributed by atoms with van der Waals surface area (Å²) in [6.07, 6.45) is 4.83. The number of hydrogen-bond acceptors (Lipinski definition) is 9. The summed E-state index contributed by atoms with van der Waals surface area (Å²) in [5, 5.41) is 14.6. The molecule has 2 aliphatic heterocycles. The summed E-state index contributed by atoms with van der Waals surface area (Å²) in [7, 11) is 1.62. The first-order chi connectivity index (χ1) is 19.7. The number of rotatable bonds is 6. The van der Waals surface area contributed by atoms with Gasteiger partial charge in [-0.25, -0.2) is 13.2 Å². The van der Waals surface area contributed by atoms with Crippen LogP contribution in [0.15, 0.2) is 36.8 Å². The number of nitrogens with one attached hydrogen (secondary N) is 1. The lowest BCUT2D eigenvalue weighted by atomic mass is 10.00. The fourth-order valence-electron chi connectivity index (χ4n) is 5.80. The number of ether oxygens (including phenoxy) is 1. The maximum Gasteiger partial charge on any atom is 0.319 e. The SMILES string of the molecule is Cc1cccc2cncc(-c3ncc4c(N5CCN[C@@H](CC#N)C5)nc(OC[C@@H]5CC(F)(F)CN5C)nc4c3F)c12. The fourth-order valence-corrected chi connectivity index (χ4v) is 5.80. The quantitative estimate of drug-likeness (QED) is 0.372. The minimum absolute atomic E-state index is 0.0149. The van der Waals surface area contributed by atoms with Crippen LogP contribution >= 0.6 is 0 Å². The van der Waals surface area contributed by atoms with Crippen LogP contribution in [0.5, 0.6) is 6.01 Å². The van der Waals surface area contributed by atoms with E-state index in [9.17, 15) is 14.0 Å². The summed E-state index contributed by atoms with van der Waals surface area (Å²) in [6, 6.07) is 7.23. The van der Waals surface area contributed by atoms with E-state index in [0.717, 1.165) is 16.3 Å². The lowest BCUT2D eigenvalue weighted by Gasteiger charge is -2.34. The Morgan fingerprint density at radius 3 is 2.85 bits per heavy atom. The molecule has 2 fully saturated rings. The van der Waals surface area contributed by atoms with Crippen LogP contribution in [0.25, 0.3) is 32.9 Å². The zero-order valence-electron chi connectivity index (χ0n) is 22.7. The van der Waals surface area contributed by atoms with Crippen LogP contribution in [-0.2, 0) is 0 Å². The molecule has 4 aromatic rings. The van der Waals surface area contributed by atoms with Crippen molar-refractivity contribution < 1.29 is 17.9 Å². The van der Waals surface area contributed by atoms with E-state index < -0.39 is 17.8 Å².